The summed E-state index contributed by atoms with van der Waals surface area (Å²) in [6.45, 7) is 1.89. The lowest BCUT2D eigenvalue weighted by atomic mass is 10.2. The molecule has 1 amide bonds. The number of benzene rings is 2. The van der Waals surface area contributed by atoms with Crippen LogP contribution in [0.1, 0.15) is 15.4 Å². The molecule has 0 fully saturated rings. The van der Waals surface area contributed by atoms with Gasteiger partial charge in [0.1, 0.15) is 0 Å². The highest BCUT2D eigenvalue weighted by Gasteiger charge is 2.19. The lowest BCUT2D eigenvalue weighted by molar-refractivity contribution is -0.387. The highest BCUT2D eigenvalue weighted by atomic mass is 32.2. The average molecular weight is 403 g/mol. The van der Waals surface area contributed by atoms with Crippen LogP contribution in [-0.4, -0.2) is 32.6 Å². The minimum Gasteiger partial charge on any atom is -0.481 e. The zero-order valence-electron chi connectivity index (χ0n) is 14.0. The molecule has 0 bridgehead atoms. The van der Waals surface area contributed by atoms with Crippen LogP contribution in [0.25, 0.3) is 10.2 Å². The molecule has 1 heterocycles. The summed E-state index contributed by atoms with van der Waals surface area (Å²) in [7, 11) is 0. The largest absolute Gasteiger partial charge is 0.481 e. The van der Waals surface area contributed by atoms with Crippen LogP contribution < -0.4 is 5.32 Å². The van der Waals surface area contributed by atoms with Gasteiger partial charge >= 0.3 is 5.97 Å². The van der Waals surface area contributed by atoms with Crippen LogP contribution in [0.4, 0.5) is 11.4 Å². The predicted octanol–water partition coefficient (Wildman–Crippen LogP) is 3.94. The van der Waals surface area contributed by atoms with Gasteiger partial charge in [-0.2, -0.15) is 0 Å². The van der Waals surface area contributed by atoms with Crippen LogP contribution in [0.5, 0.6) is 0 Å². The number of nitrogens with zero attached hydrogens (tertiary/aromatic N) is 2. The van der Waals surface area contributed by atoms with E-state index in [1.807, 2.05) is 6.92 Å². The molecule has 8 nitrogen and oxygen atoms in total. The molecule has 0 unspecified atom stereocenters. The van der Waals surface area contributed by atoms with Crippen molar-refractivity contribution in [2.45, 2.75) is 11.8 Å². The molecule has 3 aromatic rings. The monoisotopic (exact) mass is 403 g/mol. The van der Waals surface area contributed by atoms with E-state index in [-0.39, 0.29) is 21.9 Å². The molecule has 0 aliphatic heterocycles. The fourth-order valence-corrected chi connectivity index (χ4v) is 3.97. The highest BCUT2D eigenvalue weighted by molar-refractivity contribution is 8.00. The number of amides is 1. The van der Waals surface area contributed by atoms with Crippen LogP contribution in [0, 0.1) is 17.0 Å². The van der Waals surface area contributed by atoms with E-state index < -0.39 is 16.8 Å². The highest BCUT2D eigenvalue weighted by Crippen LogP contribution is 2.30. The summed E-state index contributed by atoms with van der Waals surface area (Å²) in [5.74, 6) is -1.88. The molecule has 2 aromatic carbocycles. The summed E-state index contributed by atoms with van der Waals surface area (Å²) in [5.41, 5.74) is 1.21. The number of thiazole rings is 1. The third kappa shape index (κ3) is 4.41. The average Bonchev–Trinajstić information content (AvgIpc) is 2.98. The van der Waals surface area contributed by atoms with Crippen molar-refractivity contribution in [3.63, 3.8) is 0 Å². The Morgan fingerprint density at radius 3 is 2.78 bits per heavy atom. The minimum atomic E-state index is -1.08. The van der Waals surface area contributed by atoms with E-state index in [9.17, 15) is 19.7 Å². The van der Waals surface area contributed by atoms with Gasteiger partial charge in [-0.15, -0.1) is 23.1 Å². The Bertz CT molecular complexity index is 1060. The second kappa shape index (κ2) is 7.72. The van der Waals surface area contributed by atoms with E-state index in [0.29, 0.717) is 5.69 Å². The lowest BCUT2D eigenvalue weighted by Gasteiger charge is -2.07. The molecule has 2 N–H and O–H groups in total. The van der Waals surface area contributed by atoms with Gasteiger partial charge in [0.15, 0.2) is 0 Å². The van der Waals surface area contributed by atoms with Crippen LogP contribution in [0.2, 0.25) is 0 Å². The number of hydrogen-bond acceptors (Lipinski definition) is 7. The number of carbonyl (C=O) groups is 2. The van der Waals surface area contributed by atoms with Crippen molar-refractivity contribution in [3.05, 3.63) is 57.1 Å². The smallest absolute Gasteiger partial charge is 0.313 e. The van der Waals surface area contributed by atoms with Crippen molar-refractivity contribution in [1.29, 1.82) is 0 Å². The number of aromatic nitrogens is 1. The van der Waals surface area contributed by atoms with Gasteiger partial charge in [-0.1, -0.05) is 0 Å². The number of nitro groups is 1. The number of aryl methyl sites for hydroxylation is 1. The first-order valence-electron chi connectivity index (χ1n) is 7.65. The predicted molar refractivity (Wildman–Crippen MR) is 104 cm³/mol. The van der Waals surface area contributed by atoms with Crippen molar-refractivity contribution in [3.8, 4) is 0 Å². The molecule has 0 saturated carbocycles. The second-order valence-corrected chi connectivity index (χ2v) is 7.74. The number of aliphatic carboxylic acids is 1. The molecule has 0 aliphatic carbocycles. The van der Waals surface area contributed by atoms with E-state index >= 15 is 0 Å². The Morgan fingerprint density at radius 1 is 1.30 bits per heavy atom. The van der Waals surface area contributed by atoms with Crippen molar-refractivity contribution in [2.75, 3.05) is 11.1 Å². The number of anilines is 1. The minimum absolute atomic E-state index is 0.113. The molecular weight excluding hydrogens is 390 g/mol. The molecule has 27 heavy (non-hydrogen) atoms. The summed E-state index contributed by atoms with van der Waals surface area (Å²) < 4.78 is 0.927. The summed E-state index contributed by atoms with van der Waals surface area (Å²) in [4.78, 5) is 38.3. The van der Waals surface area contributed by atoms with Gasteiger partial charge < -0.3 is 10.4 Å². The van der Waals surface area contributed by atoms with Crippen molar-refractivity contribution >= 4 is 56.6 Å². The number of nitrogens with one attached hydrogen (secondary N) is 1. The molecule has 1 aromatic heterocycles. The number of carboxylic acids is 1. The lowest BCUT2D eigenvalue weighted by Crippen LogP contribution is -2.12. The molecular formula is C17H13N3O5S2. The number of thioether (sulfide) groups is 1. The number of hydrogen-bond donors (Lipinski definition) is 2. The van der Waals surface area contributed by atoms with Crippen LogP contribution in [0.15, 0.2) is 41.3 Å². The van der Waals surface area contributed by atoms with Gasteiger partial charge in [0.2, 0.25) is 0 Å². The molecule has 0 radical (unpaired) electrons. The Balaban J connectivity index is 1.83. The first-order chi connectivity index (χ1) is 12.8. The molecule has 0 atom stereocenters. The standard InChI is InChI=1S/C17H13N3O5S2/c1-9-18-12-4-3-11(7-15(12)27-9)19-17(23)10-2-5-14(26-8-16(21)22)13(6-10)20(24)25/h2-7H,8H2,1H3,(H,19,23)(H,21,22). The SMILES string of the molecule is Cc1nc2ccc(NC(=O)c3ccc(SCC(=O)O)c([N+](=O)[O-])c3)cc2s1. The second-order valence-electron chi connectivity index (χ2n) is 5.49. The molecule has 0 saturated heterocycles. The molecule has 0 aliphatic rings. The van der Waals surface area contributed by atoms with Gasteiger partial charge in [0, 0.05) is 17.3 Å². The number of carboxylic acid groups (broad SMARTS) is 1. The van der Waals surface area contributed by atoms with E-state index in [0.717, 1.165) is 33.1 Å². The fourth-order valence-electron chi connectivity index (χ4n) is 2.38. The summed E-state index contributed by atoms with van der Waals surface area (Å²) >= 11 is 2.34. The van der Waals surface area contributed by atoms with Gasteiger partial charge in [-0.25, -0.2) is 4.98 Å². The Morgan fingerprint density at radius 2 is 2.07 bits per heavy atom. The normalized spacial score (nSPS) is 10.7. The van der Waals surface area contributed by atoms with Crippen molar-refractivity contribution in [2.24, 2.45) is 0 Å². The maximum absolute atomic E-state index is 12.5. The number of fused-ring (bicyclic) bond motifs is 1. The zero-order valence-corrected chi connectivity index (χ0v) is 15.6. The topological polar surface area (TPSA) is 122 Å². The Hall–Kier alpha value is -2.98. The number of nitro benzene ring substituents is 1. The van der Waals surface area contributed by atoms with Crippen molar-refractivity contribution < 1.29 is 19.6 Å². The van der Waals surface area contributed by atoms with Crippen LogP contribution in [-0.2, 0) is 4.79 Å². The quantitative estimate of drug-likeness (QED) is 0.363. The Labute approximate surface area is 161 Å². The van der Waals surface area contributed by atoms with E-state index in [4.69, 9.17) is 5.11 Å². The molecule has 138 valence electrons. The van der Waals surface area contributed by atoms with Gasteiger partial charge in [0.25, 0.3) is 11.6 Å². The molecule has 10 heteroatoms. The molecule has 3 rings (SSSR count). The van der Waals surface area contributed by atoms with Gasteiger partial charge in [0.05, 0.1) is 30.8 Å². The van der Waals surface area contributed by atoms with E-state index in [2.05, 4.69) is 10.3 Å². The fraction of sp³-hybridized carbons (Fsp3) is 0.118. The third-order valence-electron chi connectivity index (χ3n) is 3.52. The summed E-state index contributed by atoms with van der Waals surface area (Å²) in [5, 5.41) is 23.6. The first-order valence-corrected chi connectivity index (χ1v) is 9.45. The summed E-state index contributed by atoms with van der Waals surface area (Å²) in [6, 6.07) is 9.27. The van der Waals surface area contributed by atoms with E-state index in [1.54, 1.807) is 18.2 Å². The maximum atomic E-state index is 12.5. The summed E-state index contributed by atoms with van der Waals surface area (Å²) in [6.07, 6.45) is 0. The van der Waals surface area contributed by atoms with Gasteiger partial charge in [-0.3, -0.25) is 19.7 Å². The van der Waals surface area contributed by atoms with Gasteiger partial charge in [-0.05, 0) is 37.3 Å². The van der Waals surface area contributed by atoms with Crippen LogP contribution >= 0.6 is 23.1 Å². The molecule has 0 spiro atoms. The first kappa shape index (κ1) is 18.8. The van der Waals surface area contributed by atoms with Crippen molar-refractivity contribution in [1.82, 2.24) is 4.98 Å². The third-order valence-corrected chi connectivity index (χ3v) is 5.50. The zero-order chi connectivity index (χ0) is 19.6. The van der Waals surface area contributed by atoms with Crippen LogP contribution in [0.3, 0.4) is 0 Å². The number of carbonyl (C=O) groups excluding carboxylic acids is 1. The Kier molecular flexibility index (Phi) is 5.38. The maximum Gasteiger partial charge on any atom is 0.313 e. The van der Waals surface area contributed by atoms with E-state index in [1.165, 1.54) is 23.5 Å². The number of rotatable bonds is 6.